The highest BCUT2D eigenvalue weighted by Crippen LogP contribution is 2.32. The Kier molecular flexibility index (Phi) is 3.39. The average molecular weight is 303 g/mol. The van der Waals surface area contributed by atoms with Gasteiger partial charge in [0.2, 0.25) is 11.0 Å². The predicted molar refractivity (Wildman–Crippen MR) is 79.7 cm³/mol. The normalized spacial score (nSPS) is 11.0. The van der Waals surface area contributed by atoms with E-state index in [4.69, 9.17) is 16.3 Å². The van der Waals surface area contributed by atoms with E-state index in [0.717, 1.165) is 0 Å². The van der Waals surface area contributed by atoms with Gasteiger partial charge in [0.1, 0.15) is 5.02 Å². The van der Waals surface area contributed by atoms with Crippen molar-refractivity contribution in [1.82, 2.24) is 0 Å². The fraction of sp³-hybridized carbons (Fsp3) is 0.125. The highest BCUT2D eigenvalue weighted by Gasteiger charge is 2.27. The van der Waals surface area contributed by atoms with Crippen molar-refractivity contribution in [2.24, 2.45) is 0 Å². The number of esters is 1. The van der Waals surface area contributed by atoms with E-state index in [2.05, 4.69) is 0 Å². The second kappa shape index (κ2) is 5.22. The second-order valence-electron chi connectivity index (χ2n) is 4.54. The Labute approximate surface area is 126 Å². The third kappa shape index (κ3) is 2.08. The van der Waals surface area contributed by atoms with E-state index in [0.29, 0.717) is 21.4 Å². The number of para-hydroxylation sites is 1. The van der Waals surface area contributed by atoms with E-state index >= 15 is 0 Å². The lowest BCUT2D eigenvalue weighted by atomic mass is 10.1. The maximum absolute atomic E-state index is 12.2. The number of carbonyl (C=O) groups is 1. The molecular formula is C16H13ClNO3+. The van der Waals surface area contributed by atoms with Crippen LogP contribution < -0.4 is 4.40 Å². The van der Waals surface area contributed by atoms with Gasteiger partial charge >= 0.3 is 5.97 Å². The molecule has 5 heteroatoms. The van der Waals surface area contributed by atoms with Gasteiger partial charge in [-0.3, -0.25) is 0 Å². The van der Waals surface area contributed by atoms with E-state index in [9.17, 15) is 9.90 Å². The summed E-state index contributed by atoms with van der Waals surface area (Å²) in [6.45, 7) is 1.97. The molecule has 0 unspecified atom stereocenters. The molecule has 2 aromatic heterocycles. The van der Waals surface area contributed by atoms with Gasteiger partial charge in [-0.1, -0.05) is 17.7 Å². The van der Waals surface area contributed by atoms with Crippen LogP contribution in [0.1, 0.15) is 17.3 Å². The van der Waals surface area contributed by atoms with Crippen molar-refractivity contribution >= 4 is 34.0 Å². The summed E-state index contributed by atoms with van der Waals surface area (Å²) >= 11 is 6.25. The van der Waals surface area contributed by atoms with Crippen molar-refractivity contribution in [3.8, 4) is 5.75 Å². The summed E-state index contributed by atoms with van der Waals surface area (Å²) in [5.74, 6) is -0.669. The maximum Gasteiger partial charge on any atom is 0.348 e. The van der Waals surface area contributed by atoms with E-state index in [1.807, 2.05) is 6.07 Å². The first-order valence-corrected chi connectivity index (χ1v) is 6.93. The highest BCUT2D eigenvalue weighted by atomic mass is 35.5. The minimum atomic E-state index is -0.555. The number of aromatic hydroxyl groups is 1. The lowest BCUT2D eigenvalue weighted by molar-refractivity contribution is -0.481. The Balaban J connectivity index is 2.52. The standard InChI is InChI=1S/C16H12ClNO3/c1-2-21-16(20)13-12-8-3-4-9-18(12)14-10(15(13)19)6-5-7-11(14)17/h3-9H,2H2,1H3/p+1. The summed E-state index contributed by atoms with van der Waals surface area (Å²) in [6.07, 6.45) is 1.80. The van der Waals surface area contributed by atoms with Gasteiger partial charge in [0, 0.05) is 12.1 Å². The molecule has 106 valence electrons. The van der Waals surface area contributed by atoms with Crippen molar-refractivity contribution < 1.29 is 19.0 Å². The largest absolute Gasteiger partial charge is 0.506 e. The summed E-state index contributed by atoms with van der Waals surface area (Å²) in [5, 5.41) is 11.5. The molecule has 0 atom stereocenters. The second-order valence-corrected chi connectivity index (χ2v) is 4.94. The number of benzene rings is 1. The summed E-state index contributed by atoms with van der Waals surface area (Å²) in [7, 11) is 0. The minimum absolute atomic E-state index is 0.114. The van der Waals surface area contributed by atoms with Crippen LogP contribution in [0.25, 0.3) is 16.4 Å². The monoisotopic (exact) mass is 302 g/mol. The van der Waals surface area contributed by atoms with Gasteiger partial charge in [-0.2, -0.15) is 4.40 Å². The molecule has 0 radical (unpaired) electrons. The van der Waals surface area contributed by atoms with Gasteiger partial charge in [0.15, 0.2) is 17.5 Å². The molecule has 4 nitrogen and oxygen atoms in total. The fourth-order valence-corrected chi connectivity index (χ4v) is 2.72. The summed E-state index contributed by atoms with van der Waals surface area (Å²) < 4.78 is 6.83. The van der Waals surface area contributed by atoms with E-state index in [1.165, 1.54) is 0 Å². The molecular weight excluding hydrogens is 290 g/mol. The first kappa shape index (κ1) is 13.6. The maximum atomic E-state index is 12.2. The Hall–Kier alpha value is -2.33. The molecule has 0 aliphatic rings. The zero-order valence-electron chi connectivity index (χ0n) is 11.3. The molecule has 1 N–H and O–H groups in total. The Bertz CT molecular complexity index is 861. The Morgan fingerprint density at radius 3 is 2.86 bits per heavy atom. The van der Waals surface area contributed by atoms with Crippen LogP contribution in [0.15, 0.2) is 42.6 Å². The molecule has 0 amide bonds. The van der Waals surface area contributed by atoms with Crippen molar-refractivity contribution in [3.05, 3.63) is 53.2 Å². The van der Waals surface area contributed by atoms with Gasteiger partial charge in [-0.15, -0.1) is 0 Å². The van der Waals surface area contributed by atoms with E-state index in [-0.39, 0.29) is 17.9 Å². The van der Waals surface area contributed by atoms with Gasteiger partial charge in [0.25, 0.3) is 0 Å². The summed E-state index contributed by atoms with van der Waals surface area (Å²) in [5.41, 5.74) is 1.35. The molecule has 1 aromatic carbocycles. The van der Waals surface area contributed by atoms with Crippen molar-refractivity contribution in [2.45, 2.75) is 6.92 Å². The number of halogens is 1. The first-order valence-electron chi connectivity index (χ1n) is 6.55. The van der Waals surface area contributed by atoms with Crippen molar-refractivity contribution in [2.75, 3.05) is 6.61 Å². The number of fused-ring (bicyclic) bond motifs is 3. The number of ether oxygens (including phenoxy) is 1. The van der Waals surface area contributed by atoms with Crippen LogP contribution in [-0.4, -0.2) is 17.7 Å². The number of aromatic nitrogens is 1. The van der Waals surface area contributed by atoms with Gasteiger partial charge < -0.3 is 9.84 Å². The number of rotatable bonds is 2. The van der Waals surface area contributed by atoms with Crippen LogP contribution in [-0.2, 0) is 4.74 Å². The minimum Gasteiger partial charge on any atom is -0.506 e. The molecule has 0 aliphatic carbocycles. The summed E-state index contributed by atoms with van der Waals surface area (Å²) in [4.78, 5) is 12.2. The number of pyridine rings is 2. The van der Waals surface area contributed by atoms with E-state index < -0.39 is 5.97 Å². The molecule has 0 saturated heterocycles. The molecule has 21 heavy (non-hydrogen) atoms. The lowest BCUT2D eigenvalue weighted by Crippen LogP contribution is -2.26. The smallest absolute Gasteiger partial charge is 0.348 e. The number of nitrogens with zero attached hydrogens (tertiary/aromatic N) is 1. The molecule has 0 fully saturated rings. The zero-order valence-corrected chi connectivity index (χ0v) is 12.1. The Morgan fingerprint density at radius 2 is 2.10 bits per heavy atom. The molecule has 3 aromatic rings. The average Bonchev–Trinajstić information content (AvgIpc) is 2.48. The van der Waals surface area contributed by atoms with Crippen LogP contribution in [0.3, 0.4) is 0 Å². The molecule has 3 rings (SSSR count). The third-order valence-electron chi connectivity index (χ3n) is 3.32. The highest BCUT2D eigenvalue weighted by molar-refractivity contribution is 6.35. The number of hydrogen-bond acceptors (Lipinski definition) is 3. The molecule has 0 bridgehead atoms. The fourth-order valence-electron chi connectivity index (χ4n) is 2.45. The quantitative estimate of drug-likeness (QED) is 0.449. The SMILES string of the molecule is CCOC(=O)c1c(O)c2cccc(Cl)c2[n+]2ccccc12. The van der Waals surface area contributed by atoms with Crippen LogP contribution >= 0.6 is 11.6 Å². The van der Waals surface area contributed by atoms with Gasteiger partial charge in [-0.25, -0.2) is 4.79 Å². The molecule has 0 saturated carbocycles. The van der Waals surface area contributed by atoms with Crippen molar-refractivity contribution in [1.29, 1.82) is 0 Å². The van der Waals surface area contributed by atoms with Crippen LogP contribution in [0, 0.1) is 0 Å². The van der Waals surface area contributed by atoms with Gasteiger partial charge in [0.05, 0.1) is 12.0 Å². The van der Waals surface area contributed by atoms with E-state index in [1.54, 1.807) is 47.9 Å². The van der Waals surface area contributed by atoms with Gasteiger partial charge in [-0.05, 0) is 25.1 Å². The zero-order chi connectivity index (χ0) is 15.0. The number of hydrogen-bond donors (Lipinski definition) is 1. The Morgan fingerprint density at radius 1 is 1.29 bits per heavy atom. The van der Waals surface area contributed by atoms with Crippen LogP contribution in [0.2, 0.25) is 5.02 Å². The molecule has 0 aliphatic heterocycles. The molecule has 2 heterocycles. The summed E-state index contributed by atoms with van der Waals surface area (Å²) in [6, 6.07) is 10.6. The topological polar surface area (TPSA) is 50.6 Å². The predicted octanol–water partition coefficient (Wildman–Crippen LogP) is 3.11. The lowest BCUT2D eigenvalue weighted by Gasteiger charge is -2.08. The number of carbonyl (C=O) groups excluding carboxylic acids is 1. The van der Waals surface area contributed by atoms with Crippen LogP contribution in [0.5, 0.6) is 5.75 Å². The molecule has 0 spiro atoms. The third-order valence-corrected chi connectivity index (χ3v) is 3.62. The van der Waals surface area contributed by atoms with Crippen molar-refractivity contribution in [3.63, 3.8) is 0 Å². The first-order chi connectivity index (χ1) is 10.1. The van der Waals surface area contributed by atoms with Crippen LogP contribution in [0.4, 0.5) is 0 Å².